The van der Waals surface area contributed by atoms with Gasteiger partial charge in [0.2, 0.25) is 5.91 Å². The number of hydrogen-bond acceptors (Lipinski definition) is 3. The van der Waals surface area contributed by atoms with Gasteiger partial charge in [-0.1, -0.05) is 34.6 Å². The van der Waals surface area contributed by atoms with Crippen molar-refractivity contribution in [3.8, 4) is 0 Å². The molecule has 0 bridgehead atoms. The summed E-state index contributed by atoms with van der Waals surface area (Å²) >= 11 is 0. The molecule has 21 heavy (non-hydrogen) atoms. The quantitative estimate of drug-likeness (QED) is 0.812. The highest BCUT2D eigenvalue weighted by Crippen LogP contribution is 2.24. The summed E-state index contributed by atoms with van der Waals surface area (Å²) in [6.07, 6.45) is 0. The molecular weight excluding hydrogens is 264 g/mol. The molecule has 2 rings (SSSR count). The van der Waals surface area contributed by atoms with Crippen LogP contribution >= 0.6 is 0 Å². The number of aromatic nitrogens is 2. The largest absolute Gasteiger partial charge is 0.341 e. The van der Waals surface area contributed by atoms with E-state index in [0.717, 1.165) is 22.5 Å². The van der Waals surface area contributed by atoms with Gasteiger partial charge in [-0.2, -0.15) is 0 Å². The molecule has 4 N–H and O–H groups in total. The molecule has 0 aliphatic carbocycles. The van der Waals surface area contributed by atoms with Crippen molar-refractivity contribution >= 4 is 22.6 Å². The van der Waals surface area contributed by atoms with Gasteiger partial charge >= 0.3 is 0 Å². The van der Waals surface area contributed by atoms with Gasteiger partial charge in [-0.25, -0.2) is 4.98 Å². The van der Waals surface area contributed by atoms with E-state index in [2.05, 4.69) is 36.1 Å². The van der Waals surface area contributed by atoms with Gasteiger partial charge in [0.15, 0.2) is 0 Å². The molecule has 0 saturated carbocycles. The van der Waals surface area contributed by atoms with Crippen LogP contribution in [0.15, 0.2) is 18.2 Å². The van der Waals surface area contributed by atoms with E-state index in [4.69, 9.17) is 5.73 Å². The third-order valence-electron chi connectivity index (χ3n) is 3.48. The van der Waals surface area contributed by atoms with E-state index in [1.807, 2.05) is 32.0 Å². The van der Waals surface area contributed by atoms with Gasteiger partial charge in [0, 0.05) is 11.1 Å². The molecular formula is C16H24N4O. The SMILES string of the molecule is CC(C)C(N)C(=O)Nc1ccc2nc(C(C)(C)C)[nH]c2c1. The van der Waals surface area contributed by atoms with Gasteiger partial charge < -0.3 is 16.0 Å². The van der Waals surface area contributed by atoms with Crippen molar-refractivity contribution in [3.05, 3.63) is 24.0 Å². The number of carbonyl (C=O) groups excluding carboxylic acids is 1. The van der Waals surface area contributed by atoms with Crippen LogP contribution in [-0.4, -0.2) is 21.9 Å². The Balaban J connectivity index is 2.25. The molecule has 1 atom stereocenters. The first-order chi connectivity index (χ1) is 9.68. The van der Waals surface area contributed by atoms with Crippen LogP contribution in [0.2, 0.25) is 0 Å². The number of amides is 1. The zero-order chi connectivity index (χ0) is 15.8. The van der Waals surface area contributed by atoms with Gasteiger partial charge in [0.25, 0.3) is 0 Å². The van der Waals surface area contributed by atoms with Crippen LogP contribution in [0.5, 0.6) is 0 Å². The van der Waals surface area contributed by atoms with E-state index in [9.17, 15) is 4.79 Å². The number of fused-ring (bicyclic) bond motifs is 1. The van der Waals surface area contributed by atoms with E-state index in [1.165, 1.54) is 0 Å². The Morgan fingerprint density at radius 3 is 2.57 bits per heavy atom. The summed E-state index contributed by atoms with van der Waals surface area (Å²) in [5, 5.41) is 2.85. The lowest BCUT2D eigenvalue weighted by Gasteiger charge is -2.15. The second-order valence-corrected chi connectivity index (χ2v) is 6.83. The Hall–Kier alpha value is -1.88. The van der Waals surface area contributed by atoms with Crippen LogP contribution in [0.4, 0.5) is 5.69 Å². The molecule has 1 unspecified atom stereocenters. The van der Waals surface area contributed by atoms with Crippen molar-refractivity contribution in [2.45, 2.75) is 46.1 Å². The minimum Gasteiger partial charge on any atom is -0.341 e. The monoisotopic (exact) mass is 288 g/mol. The zero-order valence-electron chi connectivity index (χ0n) is 13.3. The molecule has 0 aliphatic heterocycles. The summed E-state index contributed by atoms with van der Waals surface area (Å²) in [5.74, 6) is 0.869. The van der Waals surface area contributed by atoms with Crippen LogP contribution in [0.3, 0.4) is 0 Å². The van der Waals surface area contributed by atoms with Crippen molar-refractivity contribution in [2.24, 2.45) is 11.7 Å². The number of imidazole rings is 1. The molecule has 0 radical (unpaired) electrons. The second-order valence-electron chi connectivity index (χ2n) is 6.83. The van der Waals surface area contributed by atoms with Crippen molar-refractivity contribution in [2.75, 3.05) is 5.32 Å². The van der Waals surface area contributed by atoms with Gasteiger partial charge in [0.05, 0.1) is 17.1 Å². The summed E-state index contributed by atoms with van der Waals surface area (Å²) in [4.78, 5) is 19.9. The number of nitrogens with two attached hydrogens (primary N) is 1. The number of nitrogens with one attached hydrogen (secondary N) is 2. The number of anilines is 1. The average molecular weight is 288 g/mol. The van der Waals surface area contributed by atoms with E-state index >= 15 is 0 Å². The molecule has 0 fully saturated rings. The Labute approximate surface area is 125 Å². The maximum absolute atomic E-state index is 12.0. The fourth-order valence-corrected chi connectivity index (χ4v) is 1.97. The lowest BCUT2D eigenvalue weighted by atomic mass is 9.96. The molecule has 114 valence electrons. The summed E-state index contributed by atoms with van der Waals surface area (Å²) in [7, 11) is 0. The van der Waals surface area contributed by atoms with Crippen molar-refractivity contribution in [3.63, 3.8) is 0 Å². The maximum Gasteiger partial charge on any atom is 0.241 e. The minimum absolute atomic E-state index is 0.0393. The predicted molar refractivity (Wildman–Crippen MR) is 86.2 cm³/mol. The summed E-state index contributed by atoms with van der Waals surface area (Å²) < 4.78 is 0. The highest BCUT2D eigenvalue weighted by Gasteiger charge is 2.19. The van der Waals surface area contributed by atoms with Crippen molar-refractivity contribution in [1.29, 1.82) is 0 Å². The van der Waals surface area contributed by atoms with E-state index in [0.29, 0.717) is 0 Å². The second kappa shape index (κ2) is 5.48. The van der Waals surface area contributed by atoms with Crippen LogP contribution in [0.1, 0.15) is 40.4 Å². The summed E-state index contributed by atoms with van der Waals surface area (Å²) in [6.45, 7) is 10.2. The number of hydrogen-bond donors (Lipinski definition) is 3. The first-order valence-corrected chi connectivity index (χ1v) is 7.25. The van der Waals surface area contributed by atoms with Crippen molar-refractivity contribution in [1.82, 2.24) is 9.97 Å². The number of aromatic amines is 1. The first kappa shape index (κ1) is 15.5. The topological polar surface area (TPSA) is 83.8 Å². The minimum atomic E-state index is -0.507. The lowest BCUT2D eigenvalue weighted by molar-refractivity contribution is -0.118. The van der Waals surface area contributed by atoms with Crippen LogP contribution < -0.4 is 11.1 Å². The zero-order valence-corrected chi connectivity index (χ0v) is 13.3. The highest BCUT2D eigenvalue weighted by molar-refractivity contribution is 5.96. The normalized spacial score (nSPS) is 13.7. The molecule has 5 heteroatoms. The van der Waals surface area contributed by atoms with Gasteiger partial charge in [-0.05, 0) is 24.1 Å². The molecule has 1 aromatic heterocycles. The fraction of sp³-hybridized carbons (Fsp3) is 0.500. The smallest absolute Gasteiger partial charge is 0.241 e. The van der Waals surface area contributed by atoms with E-state index in [1.54, 1.807) is 0 Å². The van der Waals surface area contributed by atoms with E-state index in [-0.39, 0.29) is 17.2 Å². The number of nitrogens with zero attached hydrogens (tertiary/aromatic N) is 1. The summed E-state index contributed by atoms with van der Waals surface area (Å²) in [5.41, 5.74) is 8.35. The Kier molecular flexibility index (Phi) is 4.05. The van der Waals surface area contributed by atoms with Crippen LogP contribution in [-0.2, 0) is 10.2 Å². The Morgan fingerprint density at radius 2 is 2.00 bits per heavy atom. The molecule has 0 saturated heterocycles. The highest BCUT2D eigenvalue weighted by atomic mass is 16.2. The number of benzene rings is 1. The van der Waals surface area contributed by atoms with Crippen LogP contribution in [0.25, 0.3) is 11.0 Å². The standard InChI is InChI=1S/C16H24N4O/c1-9(2)13(17)14(21)18-10-6-7-11-12(8-10)20-15(19-11)16(3,4)5/h6-9,13H,17H2,1-5H3,(H,18,21)(H,19,20). The Morgan fingerprint density at radius 1 is 1.33 bits per heavy atom. The number of H-pyrrole nitrogens is 1. The molecule has 5 nitrogen and oxygen atoms in total. The van der Waals surface area contributed by atoms with E-state index < -0.39 is 6.04 Å². The molecule has 1 heterocycles. The van der Waals surface area contributed by atoms with Gasteiger partial charge in [-0.15, -0.1) is 0 Å². The maximum atomic E-state index is 12.0. The van der Waals surface area contributed by atoms with Gasteiger partial charge in [0.1, 0.15) is 5.82 Å². The van der Waals surface area contributed by atoms with Crippen LogP contribution in [0, 0.1) is 5.92 Å². The fourth-order valence-electron chi connectivity index (χ4n) is 1.97. The van der Waals surface area contributed by atoms with Crippen molar-refractivity contribution < 1.29 is 4.79 Å². The number of rotatable bonds is 3. The predicted octanol–water partition coefficient (Wildman–Crippen LogP) is 2.78. The molecule has 1 amide bonds. The average Bonchev–Trinajstić information content (AvgIpc) is 2.80. The third-order valence-corrected chi connectivity index (χ3v) is 3.48. The molecule has 1 aromatic carbocycles. The molecule has 2 aromatic rings. The first-order valence-electron chi connectivity index (χ1n) is 7.25. The molecule has 0 aliphatic rings. The number of carbonyl (C=O) groups is 1. The Bertz CT molecular complexity index is 652. The molecule has 0 spiro atoms. The third kappa shape index (κ3) is 3.42. The van der Waals surface area contributed by atoms with Gasteiger partial charge in [-0.3, -0.25) is 4.79 Å². The lowest BCUT2D eigenvalue weighted by Crippen LogP contribution is -2.39. The summed E-state index contributed by atoms with van der Waals surface area (Å²) in [6, 6.07) is 5.13.